The van der Waals surface area contributed by atoms with Gasteiger partial charge in [-0.05, 0) is 12.5 Å². The lowest BCUT2D eigenvalue weighted by molar-refractivity contribution is -0.154. The SMILES string of the molecule is CC1=C(C(=O)O)CC(C(=O)O)(C(F)F)C=C1. The van der Waals surface area contributed by atoms with Gasteiger partial charge in [-0.25, -0.2) is 13.6 Å². The molecule has 0 aromatic heterocycles. The van der Waals surface area contributed by atoms with E-state index in [1.54, 1.807) is 0 Å². The van der Waals surface area contributed by atoms with Crippen molar-refractivity contribution >= 4 is 11.9 Å². The number of aliphatic carboxylic acids is 2. The molecule has 0 bridgehead atoms. The van der Waals surface area contributed by atoms with Gasteiger partial charge in [-0.1, -0.05) is 12.2 Å². The van der Waals surface area contributed by atoms with Crippen LogP contribution in [0.1, 0.15) is 13.3 Å². The van der Waals surface area contributed by atoms with Crippen molar-refractivity contribution in [2.75, 3.05) is 0 Å². The topological polar surface area (TPSA) is 74.6 Å². The molecular weight excluding hydrogens is 222 g/mol. The van der Waals surface area contributed by atoms with Gasteiger partial charge in [0.2, 0.25) is 0 Å². The van der Waals surface area contributed by atoms with Crippen molar-refractivity contribution in [3.05, 3.63) is 23.3 Å². The van der Waals surface area contributed by atoms with Crippen molar-refractivity contribution < 1.29 is 28.6 Å². The molecule has 88 valence electrons. The summed E-state index contributed by atoms with van der Waals surface area (Å²) in [5.74, 6) is -3.09. The van der Waals surface area contributed by atoms with Gasteiger partial charge in [0.1, 0.15) is 0 Å². The number of halogens is 2. The Morgan fingerprint density at radius 2 is 2.00 bits per heavy atom. The third-order valence-electron chi connectivity index (χ3n) is 2.62. The largest absolute Gasteiger partial charge is 0.480 e. The second kappa shape index (κ2) is 4.03. The van der Waals surface area contributed by atoms with Crippen LogP contribution in [0.2, 0.25) is 0 Å². The van der Waals surface area contributed by atoms with Gasteiger partial charge in [0.15, 0.2) is 5.41 Å². The van der Waals surface area contributed by atoms with Gasteiger partial charge < -0.3 is 10.2 Å². The summed E-state index contributed by atoms with van der Waals surface area (Å²) in [6, 6.07) is 0. The van der Waals surface area contributed by atoms with E-state index in [2.05, 4.69) is 0 Å². The van der Waals surface area contributed by atoms with Crippen molar-refractivity contribution in [1.82, 2.24) is 0 Å². The average Bonchev–Trinajstić information content (AvgIpc) is 2.17. The maximum Gasteiger partial charge on any atom is 0.331 e. The van der Waals surface area contributed by atoms with Crippen LogP contribution in [0.5, 0.6) is 0 Å². The zero-order valence-corrected chi connectivity index (χ0v) is 8.41. The van der Waals surface area contributed by atoms with Crippen LogP contribution in [0.15, 0.2) is 23.3 Å². The molecule has 0 spiro atoms. The van der Waals surface area contributed by atoms with Crippen molar-refractivity contribution in [1.29, 1.82) is 0 Å². The normalized spacial score (nSPS) is 25.0. The van der Waals surface area contributed by atoms with Gasteiger partial charge in [0, 0.05) is 12.0 Å². The monoisotopic (exact) mass is 232 g/mol. The van der Waals surface area contributed by atoms with Crippen LogP contribution in [-0.4, -0.2) is 28.6 Å². The molecule has 0 radical (unpaired) electrons. The number of rotatable bonds is 3. The zero-order valence-electron chi connectivity index (χ0n) is 8.41. The molecule has 0 aromatic carbocycles. The molecule has 0 saturated heterocycles. The molecule has 0 amide bonds. The molecular formula is C10H10F2O4. The lowest BCUT2D eigenvalue weighted by Gasteiger charge is -2.28. The highest BCUT2D eigenvalue weighted by atomic mass is 19.3. The number of hydrogen-bond acceptors (Lipinski definition) is 2. The Morgan fingerprint density at radius 3 is 2.38 bits per heavy atom. The average molecular weight is 232 g/mol. The molecule has 0 aromatic rings. The fraction of sp³-hybridized carbons (Fsp3) is 0.400. The summed E-state index contributed by atoms with van der Waals surface area (Å²) in [5.41, 5.74) is -2.41. The third-order valence-corrected chi connectivity index (χ3v) is 2.62. The fourth-order valence-corrected chi connectivity index (χ4v) is 1.50. The first kappa shape index (κ1) is 12.4. The highest BCUT2D eigenvalue weighted by molar-refractivity contribution is 5.91. The van der Waals surface area contributed by atoms with Crippen molar-refractivity contribution in [2.45, 2.75) is 19.8 Å². The van der Waals surface area contributed by atoms with Gasteiger partial charge in [-0.2, -0.15) is 0 Å². The standard InChI is InChI=1S/C10H10F2O4/c1-5-2-3-10(8(11)12,9(15)16)4-6(5)7(13)14/h2-3,8H,4H2,1H3,(H,13,14)(H,15,16). The van der Waals surface area contributed by atoms with Crippen LogP contribution in [0.3, 0.4) is 0 Å². The predicted molar refractivity (Wildman–Crippen MR) is 50.2 cm³/mol. The van der Waals surface area contributed by atoms with E-state index in [1.807, 2.05) is 0 Å². The van der Waals surface area contributed by atoms with E-state index in [-0.39, 0.29) is 5.57 Å². The molecule has 0 saturated carbocycles. The van der Waals surface area contributed by atoms with Crippen LogP contribution < -0.4 is 0 Å². The highest BCUT2D eigenvalue weighted by Gasteiger charge is 2.48. The maximum atomic E-state index is 12.7. The van der Waals surface area contributed by atoms with Crippen LogP contribution in [0.25, 0.3) is 0 Å². The lowest BCUT2D eigenvalue weighted by atomic mass is 9.76. The minimum Gasteiger partial charge on any atom is -0.480 e. The summed E-state index contributed by atoms with van der Waals surface area (Å²) in [4.78, 5) is 21.6. The number of carbonyl (C=O) groups is 2. The molecule has 2 N–H and O–H groups in total. The number of hydrogen-bond donors (Lipinski definition) is 2. The summed E-state index contributed by atoms with van der Waals surface area (Å²) in [6.07, 6.45) is -1.86. The van der Waals surface area contributed by atoms with Crippen LogP contribution in [0.4, 0.5) is 8.78 Å². The summed E-state index contributed by atoms with van der Waals surface area (Å²) in [5, 5.41) is 17.6. The highest BCUT2D eigenvalue weighted by Crippen LogP contribution is 2.39. The molecule has 16 heavy (non-hydrogen) atoms. The Labute approximate surface area is 89.9 Å². The summed E-state index contributed by atoms with van der Waals surface area (Å²) >= 11 is 0. The lowest BCUT2D eigenvalue weighted by Crippen LogP contribution is -2.39. The summed E-state index contributed by atoms with van der Waals surface area (Å²) in [6.45, 7) is 1.44. The minimum absolute atomic E-state index is 0.287. The molecule has 0 aliphatic heterocycles. The van der Waals surface area contributed by atoms with Crippen molar-refractivity contribution in [3.8, 4) is 0 Å². The van der Waals surface area contributed by atoms with Gasteiger partial charge in [0.25, 0.3) is 6.43 Å². The first-order valence-electron chi connectivity index (χ1n) is 4.45. The second-order valence-electron chi connectivity index (χ2n) is 3.62. The number of carboxylic acid groups (broad SMARTS) is 2. The Hall–Kier alpha value is -1.72. The van der Waals surface area contributed by atoms with E-state index < -0.39 is 30.2 Å². The van der Waals surface area contributed by atoms with E-state index in [4.69, 9.17) is 10.2 Å². The summed E-state index contributed by atoms with van der Waals surface area (Å²) < 4.78 is 25.5. The molecule has 1 aliphatic carbocycles. The van der Waals surface area contributed by atoms with Crippen LogP contribution in [-0.2, 0) is 9.59 Å². The molecule has 4 nitrogen and oxygen atoms in total. The Kier molecular flexibility index (Phi) is 3.11. The molecule has 1 rings (SSSR count). The molecule has 0 fully saturated rings. The maximum absolute atomic E-state index is 12.7. The molecule has 6 heteroatoms. The van der Waals surface area contributed by atoms with E-state index >= 15 is 0 Å². The van der Waals surface area contributed by atoms with E-state index in [0.717, 1.165) is 12.2 Å². The third kappa shape index (κ3) is 1.82. The molecule has 1 aliphatic rings. The predicted octanol–water partition coefficient (Wildman–Crippen LogP) is 1.68. The Bertz CT molecular complexity index is 398. The molecule has 1 unspecified atom stereocenters. The zero-order chi connectivity index (χ0) is 12.5. The second-order valence-corrected chi connectivity index (χ2v) is 3.62. The van der Waals surface area contributed by atoms with Crippen LogP contribution in [0, 0.1) is 5.41 Å². The first-order chi connectivity index (χ1) is 7.31. The summed E-state index contributed by atoms with van der Waals surface area (Å²) in [7, 11) is 0. The van der Waals surface area contributed by atoms with E-state index in [0.29, 0.717) is 5.57 Å². The van der Waals surface area contributed by atoms with Gasteiger partial charge >= 0.3 is 11.9 Å². The number of alkyl halides is 2. The van der Waals surface area contributed by atoms with E-state index in [9.17, 15) is 18.4 Å². The minimum atomic E-state index is -3.15. The number of carboxylic acids is 2. The van der Waals surface area contributed by atoms with Gasteiger partial charge in [-0.15, -0.1) is 0 Å². The van der Waals surface area contributed by atoms with Crippen LogP contribution >= 0.6 is 0 Å². The van der Waals surface area contributed by atoms with Crippen molar-refractivity contribution in [2.24, 2.45) is 5.41 Å². The fourth-order valence-electron chi connectivity index (χ4n) is 1.50. The van der Waals surface area contributed by atoms with Gasteiger partial charge in [-0.3, -0.25) is 4.79 Å². The number of allylic oxidation sites excluding steroid dienone is 2. The van der Waals surface area contributed by atoms with Crippen molar-refractivity contribution in [3.63, 3.8) is 0 Å². The smallest absolute Gasteiger partial charge is 0.331 e. The van der Waals surface area contributed by atoms with E-state index in [1.165, 1.54) is 6.92 Å². The molecule has 1 atom stereocenters. The quantitative estimate of drug-likeness (QED) is 0.776. The Balaban J connectivity index is 3.20. The van der Waals surface area contributed by atoms with Gasteiger partial charge in [0.05, 0.1) is 0 Å². The first-order valence-corrected chi connectivity index (χ1v) is 4.45. The Morgan fingerprint density at radius 1 is 1.44 bits per heavy atom. The molecule has 0 heterocycles.